The minimum Gasteiger partial charge on any atom is -0.342 e. The van der Waals surface area contributed by atoms with Gasteiger partial charge in [-0.2, -0.15) is 0 Å². The number of amides is 1. The third-order valence-electron chi connectivity index (χ3n) is 2.57. The molecule has 1 saturated carbocycles. The molecule has 2 rings (SSSR count). The van der Waals surface area contributed by atoms with Crippen LogP contribution in [0.25, 0.3) is 0 Å². The Morgan fingerprint density at radius 2 is 1.91 bits per heavy atom. The van der Waals surface area contributed by atoms with Crippen molar-refractivity contribution >= 4 is 13.8 Å². The van der Waals surface area contributed by atoms with Crippen molar-refractivity contribution in [2.75, 3.05) is 13.1 Å². The minimum atomic E-state index is 0.170. The van der Waals surface area contributed by atoms with Crippen molar-refractivity contribution in [1.29, 1.82) is 0 Å². The van der Waals surface area contributed by atoms with Crippen LogP contribution in [-0.4, -0.2) is 31.7 Å². The van der Waals surface area contributed by atoms with Gasteiger partial charge in [0.1, 0.15) is 0 Å². The van der Waals surface area contributed by atoms with Crippen LogP contribution in [0.5, 0.6) is 0 Å². The number of rotatable bonds is 1. The Balaban J connectivity index is 1.89. The van der Waals surface area contributed by atoms with E-state index in [9.17, 15) is 4.79 Å². The SMILES string of the molecule is [B][C@H]1C[C@H]1C(=O)N1CCCC1. The monoisotopic (exact) mass is 149 g/mol. The molecule has 1 heterocycles. The van der Waals surface area contributed by atoms with E-state index in [0.717, 1.165) is 19.5 Å². The van der Waals surface area contributed by atoms with Gasteiger partial charge in [-0.15, -0.1) is 0 Å². The summed E-state index contributed by atoms with van der Waals surface area (Å²) in [5, 5.41) is 0. The Morgan fingerprint density at radius 3 is 2.36 bits per heavy atom. The highest BCUT2D eigenvalue weighted by Crippen LogP contribution is 2.43. The van der Waals surface area contributed by atoms with E-state index in [1.807, 2.05) is 4.90 Å². The summed E-state index contributed by atoms with van der Waals surface area (Å²) < 4.78 is 0. The molecule has 0 aromatic heterocycles. The van der Waals surface area contributed by atoms with Crippen LogP contribution >= 0.6 is 0 Å². The minimum absolute atomic E-state index is 0.170. The summed E-state index contributed by atoms with van der Waals surface area (Å²) in [6.07, 6.45) is 3.26. The predicted octanol–water partition coefficient (Wildman–Crippen LogP) is 0.586. The highest BCUT2D eigenvalue weighted by atomic mass is 16.2. The number of carbonyl (C=O) groups excluding carboxylic acids is 1. The standard InChI is InChI=1S/C8H12BNO/c9-7-5-6(7)8(11)10-3-1-2-4-10/h6-7H,1-5H2/t6-,7+/m1/s1. The maximum absolute atomic E-state index is 11.5. The number of hydrogen-bond acceptors (Lipinski definition) is 1. The molecule has 2 aliphatic rings. The van der Waals surface area contributed by atoms with E-state index < -0.39 is 0 Å². The van der Waals surface area contributed by atoms with Crippen LogP contribution in [0, 0.1) is 5.92 Å². The van der Waals surface area contributed by atoms with Gasteiger partial charge in [-0.1, -0.05) is 5.82 Å². The number of hydrogen-bond donors (Lipinski definition) is 0. The molecule has 58 valence electrons. The summed E-state index contributed by atoms with van der Waals surface area (Å²) in [5.41, 5.74) is 0. The van der Waals surface area contributed by atoms with Crippen LogP contribution in [0.2, 0.25) is 5.82 Å². The predicted molar refractivity (Wildman–Crippen MR) is 43.4 cm³/mol. The van der Waals surface area contributed by atoms with Crippen molar-refractivity contribution in [2.45, 2.75) is 25.1 Å². The third kappa shape index (κ3) is 1.28. The van der Waals surface area contributed by atoms with Gasteiger partial charge in [-0.25, -0.2) is 0 Å². The second-order valence-corrected chi connectivity index (χ2v) is 3.54. The average molecular weight is 149 g/mol. The van der Waals surface area contributed by atoms with Crippen LogP contribution in [0.15, 0.2) is 0 Å². The summed E-state index contributed by atoms with van der Waals surface area (Å²) in [6.45, 7) is 1.92. The van der Waals surface area contributed by atoms with Gasteiger partial charge in [0.15, 0.2) is 0 Å². The van der Waals surface area contributed by atoms with Crippen molar-refractivity contribution in [3.63, 3.8) is 0 Å². The van der Waals surface area contributed by atoms with E-state index in [-0.39, 0.29) is 11.7 Å². The Morgan fingerprint density at radius 1 is 1.36 bits per heavy atom. The van der Waals surface area contributed by atoms with Crippen molar-refractivity contribution in [3.05, 3.63) is 0 Å². The zero-order chi connectivity index (χ0) is 7.84. The Hall–Kier alpha value is -0.465. The van der Waals surface area contributed by atoms with E-state index in [0.29, 0.717) is 5.91 Å². The molecule has 0 aromatic rings. The van der Waals surface area contributed by atoms with E-state index in [2.05, 4.69) is 0 Å². The molecule has 1 amide bonds. The largest absolute Gasteiger partial charge is 0.342 e. The molecule has 1 aliphatic heterocycles. The molecular formula is C8H12BNO. The summed E-state index contributed by atoms with van der Waals surface area (Å²) in [4.78, 5) is 13.4. The molecule has 11 heavy (non-hydrogen) atoms. The van der Waals surface area contributed by atoms with Crippen LogP contribution in [0.1, 0.15) is 19.3 Å². The van der Waals surface area contributed by atoms with Gasteiger partial charge >= 0.3 is 0 Å². The summed E-state index contributed by atoms with van der Waals surface area (Å²) >= 11 is 0. The van der Waals surface area contributed by atoms with Crippen LogP contribution in [-0.2, 0) is 4.79 Å². The lowest BCUT2D eigenvalue weighted by atomic mass is 10.00. The molecule has 2 nitrogen and oxygen atoms in total. The molecule has 1 saturated heterocycles. The van der Waals surface area contributed by atoms with Crippen molar-refractivity contribution in [1.82, 2.24) is 4.90 Å². The molecular weight excluding hydrogens is 137 g/mol. The summed E-state index contributed by atoms with van der Waals surface area (Å²) in [6, 6.07) is 0. The molecule has 1 aliphatic carbocycles. The first-order valence-corrected chi connectivity index (χ1v) is 4.33. The number of likely N-dealkylation sites (tertiary alicyclic amines) is 1. The first-order valence-electron chi connectivity index (χ1n) is 4.33. The Kier molecular flexibility index (Phi) is 1.66. The molecule has 0 bridgehead atoms. The first-order chi connectivity index (χ1) is 5.29. The lowest BCUT2D eigenvalue weighted by molar-refractivity contribution is -0.131. The molecule has 0 aromatic carbocycles. The highest BCUT2D eigenvalue weighted by Gasteiger charge is 2.41. The molecule has 2 fully saturated rings. The number of carbonyl (C=O) groups is 1. The zero-order valence-corrected chi connectivity index (χ0v) is 6.62. The van der Waals surface area contributed by atoms with Gasteiger partial charge < -0.3 is 4.90 Å². The molecule has 0 N–H and O–H groups in total. The maximum atomic E-state index is 11.5. The first kappa shape index (κ1) is 7.20. The van der Waals surface area contributed by atoms with Crippen LogP contribution in [0.3, 0.4) is 0 Å². The summed E-state index contributed by atoms with van der Waals surface area (Å²) in [7, 11) is 5.59. The van der Waals surface area contributed by atoms with E-state index >= 15 is 0 Å². The molecule has 2 atom stereocenters. The van der Waals surface area contributed by atoms with Gasteiger partial charge in [0.2, 0.25) is 5.91 Å². The molecule has 0 spiro atoms. The lowest BCUT2D eigenvalue weighted by Gasteiger charge is -2.14. The average Bonchev–Trinajstić information content (AvgIpc) is 2.56. The zero-order valence-electron chi connectivity index (χ0n) is 6.62. The Labute approximate surface area is 68.4 Å². The molecule has 0 unspecified atom stereocenters. The van der Waals surface area contributed by atoms with Gasteiger partial charge in [0, 0.05) is 19.0 Å². The topological polar surface area (TPSA) is 20.3 Å². The third-order valence-corrected chi connectivity index (χ3v) is 2.57. The van der Waals surface area contributed by atoms with Crippen molar-refractivity contribution in [3.8, 4) is 0 Å². The highest BCUT2D eigenvalue weighted by molar-refractivity contribution is 6.16. The maximum Gasteiger partial charge on any atom is 0.225 e. The van der Waals surface area contributed by atoms with E-state index in [1.165, 1.54) is 12.8 Å². The van der Waals surface area contributed by atoms with Crippen molar-refractivity contribution < 1.29 is 4.79 Å². The fourth-order valence-electron chi connectivity index (χ4n) is 1.67. The van der Waals surface area contributed by atoms with Gasteiger partial charge in [-0.3, -0.25) is 4.79 Å². The second-order valence-electron chi connectivity index (χ2n) is 3.54. The fraction of sp³-hybridized carbons (Fsp3) is 0.875. The quantitative estimate of drug-likeness (QED) is 0.499. The van der Waals surface area contributed by atoms with E-state index in [4.69, 9.17) is 7.85 Å². The van der Waals surface area contributed by atoms with Gasteiger partial charge in [0.05, 0.1) is 7.85 Å². The van der Waals surface area contributed by atoms with Crippen molar-refractivity contribution in [2.24, 2.45) is 5.92 Å². The van der Waals surface area contributed by atoms with Gasteiger partial charge in [-0.05, 0) is 19.3 Å². The Bertz CT molecular complexity index is 177. The summed E-state index contributed by atoms with van der Waals surface area (Å²) in [5.74, 6) is 0.645. The smallest absolute Gasteiger partial charge is 0.225 e. The van der Waals surface area contributed by atoms with E-state index in [1.54, 1.807) is 0 Å². The normalized spacial score (nSPS) is 35.8. The molecule has 3 heteroatoms. The number of nitrogens with zero attached hydrogens (tertiary/aromatic N) is 1. The van der Waals surface area contributed by atoms with Gasteiger partial charge in [0.25, 0.3) is 0 Å². The lowest BCUT2D eigenvalue weighted by Crippen LogP contribution is -2.29. The van der Waals surface area contributed by atoms with Crippen LogP contribution in [0.4, 0.5) is 0 Å². The second kappa shape index (κ2) is 2.54. The van der Waals surface area contributed by atoms with Crippen LogP contribution < -0.4 is 0 Å². The molecule has 2 radical (unpaired) electrons. The fourth-order valence-corrected chi connectivity index (χ4v) is 1.67.